The van der Waals surface area contributed by atoms with Crippen molar-refractivity contribution < 1.29 is 4.39 Å². The van der Waals surface area contributed by atoms with E-state index >= 15 is 0 Å². The quantitative estimate of drug-likeness (QED) is 0.864. The van der Waals surface area contributed by atoms with E-state index in [9.17, 15) is 4.39 Å². The number of rotatable bonds is 3. The van der Waals surface area contributed by atoms with E-state index in [2.05, 4.69) is 30.4 Å². The maximum atomic E-state index is 13.3. The third-order valence-corrected chi connectivity index (χ3v) is 3.14. The highest BCUT2D eigenvalue weighted by molar-refractivity contribution is 5.68. The van der Waals surface area contributed by atoms with Gasteiger partial charge in [0.1, 0.15) is 5.82 Å². The maximum Gasteiger partial charge on any atom is 0.126 e. The summed E-state index contributed by atoms with van der Waals surface area (Å²) in [6, 6.07) is 11.7. The largest absolute Gasteiger partial charge is 0.316 e. The Balaban J connectivity index is 2.41. The van der Waals surface area contributed by atoms with E-state index < -0.39 is 0 Å². The lowest BCUT2D eigenvalue weighted by atomic mass is 9.97. The number of benzene rings is 2. The van der Waals surface area contributed by atoms with Crippen molar-refractivity contribution in [3.05, 3.63) is 58.9 Å². The van der Waals surface area contributed by atoms with Crippen LogP contribution < -0.4 is 5.32 Å². The van der Waals surface area contributed by atoms with E-state index in [0.717, 1.165) is 17.7 Å². The molecule has 2 aromatic carbocycles. The summed E-state index contributed by atoms with van der Waals surface area (Å²) in [7, 11) is 1.94. The van der Waals surface area contributed by atoms with Crippen LogP contribution in [0.15, 0.2) is 36.4 Å². The highest BCUT2D eigenvalue weighted by atomic mass is 19.1. The molecule has 18 heavy (non-hydrogen) atoms. The minimum absolute atomic E-state index is 0.150. The van der Waals surface area contributed by atoms with Crippen molar-refractivity contribution in [2.75, 3.05) is 7.05 Å². The monoisotopic (exact) mass is 243 g/mol. The molecule has 2 rings (SSSR count). The van der Waals surface area contributed by atoms with Crippen LogP contribution in [-0.4, -0.2) is 7.05 Å². The normalized spacial score (nSPS) is 10.7. The molecule has 0 unspecified atom stereocenters. The molecule has 2 aromatic rings. The van der Waals surface area contributed by atoms with Crippen LogP contribution in [-0.2, 0) is 6.54 Å². The molecule has 0 aromatic heterocycles. The topological polar surface area (TPSA) is 12.0 Å². The Morgan fingerprint density at radius 2 is 1.78 bits per heavy atom. The van der Waals surface area contributed by atoms with E-state index in [1.807, 2.05) is 19.2 Å². The van der Waals surface area contributed by atoms with E-state index in [1.54, 1.807) is 6.92 Å². The van der Waals surface area contributed by atoms with Crippen molar-refractivity contribution in [2.45, 2.75) is 20.4 Å². The number of hydrogen-bond acceptors (Lipinski definition) is 1. The van der Waals surface area contributed by atoms with Crippen LogP contribution in [0, 0.1) is 19.7 Å². The number of aryl methyl sites for hydroxylation is 2. The second-order valence-electron chi connectivity index (χ2n) is 4.64. The molecule has 0 bridgehead atoms. The highest BCUT2D eigenvalue weighted by Gasteiger charge is 2.05. The van der Waals surface area contributed by atoms with Gasteiger partial charge in [0.15, 0.2) is 0 Å². The van der Waals surface area contributed by atoms with Crippen molar-refractivity contribution in [3.63, 3.8) is 0 Å². The molecule has 2 heteroatoms. The minimum Gasteiger partial charge on any atom is -0.316 e. The second-order valence-corrected chi connectivity index (χ2v) is 4.64. The van der Waals surface area contributed by atoms with E-state index in [1.165, 1.54) is 17.2 Å². The van der Waals surface area contributed by atoms with Gasteiger partial charge in [-0.05, 0) is 60.8 Å². The Morgan fingerprint density at radius 3 is 2.39 bits per heavy atom. The Labute approximate surface area is 108 Å². The highest BCUT2D eigenvalue weighted by Crippen LogP contribution is 2.26. The van der Waals surface area contributed by atoms with Gasteiger partial charge in [-0.25, -0.2) is 4.39 Å². The van der Waals surface area contributed by atoms with E-state index in [-0.39, 0.29) is 5.82 Å². The van der Waals surface area contributed by atoms with Crippen LogP contribution in [0.5, 0.6) is 0 Å². The van der Waals surface area contributed by atoms with Gasteiger partial charge < -0.3 is 5.32 Å². The molecule has 0 aliphatic heterocycles. The van der Waals surface area contributed by atoms with Gasteiger partial charge in [0, 0.05) is 6.54 Å². The molecule has 0 radical (unpaired) electrons. The van der Waals surface area contributed by atoms with Crippen molar-refractivity contribution in [3.8, 4) is 11.1 Å². The summed E-state index contributed by atoms with van der Waals surface area (Å²) in [6.45, 7) is 4.75. The molecular formula is C16H18FN. The Morgan fingerprint density at radius 1 is 1.00 bits per heavy atom. The Kier molecular flexibility index (Phi) is 3.78. The average Bonchev–Trinajstić information content (AvgIpc) is 2.34. The van der Waals surface area contributed by atoms with Crippen LogP contribution >= 0.6 is 0 Å². The van der Waals surface area contributed by atoms with Crippen LogP contribution in [0.3, 0.4) is 0 Å². The number of halogens is 1. The van der Waals surface area contributed by atoms with Gasteiger partial charge in [-0.3, -0.25) is 0 Å². The molecule has 0 heterocycles. The molecule has 94 valence electrons. The zero-order valence-electron chi connectivity index (χ0n) is 11.0. The molecule has 1 N–H and O–H groups in total. The Bertz CT molecular complexity index is 561. The summed E-state index contributed by atoms with van der Waals surface area (Å²) in [5.41, 5.74) is 5.40. The predicted molar refractivity (Wildman–Crippen MR) is 74.1 cm³/mol. The molecule has 1 nitrogen and oxygen atoms in total. The lowest BCUT2D eigenvalue weighted by Gasteiger charge is -2.10. The van der Waals surface area contributed by atoms with Gasteiger partial charge in [0.25, 0.3) is 0 Å². The van der Waals surface area contributed by atoms with Crippen molar-refractivity contribution in [1.82, 2.24) is 5.32 Å². The summed E-state index contributed by atoms with van der Waals surface area (Å²) in [5.74, 6) is -0.150. The molecule has 0 fully saturated rings. The van der Waals surface area contributed by atoms with Crippen molar-refractivity contribution >= 4 is 0 Å². The number of nitrogens with one attached hydrogen (secondary N) is 1. The van der Waals surface area contributed by atoms with Crippen molar-refractivity contribution in [1.29, 1.82) is 0 Å². The zero-order chi connectivity index (χ0) is 13.1. The summed E-state index contributed by atoms with van der Waals surface area (Å²) >= 11 is 0. The lowest BCUT2D eigenvalue weighted by molar-refractivity contribution is 0.619. The van der Waals surface area contributed by atoms with E-state index in [4.69, 9.17) is 0 Å². The van der Waals surface area contributed by atoms with Crippen LogP contribution in [0.2, 0.25) is 0 Å². The molecular weight excluding hydrogens is 225 g/mol. The maximum absolute atomic E-state index is 13.3. The fraction of sp³-hybridized carbons (Fsp3) is 0.250. The molecule has 0 saturated carbocycles. The predicted octanol–water partition coefficient (Wildman–Crippen LogP) is 3.83. The summed E-state index contributed by atoms with van der Waals surface area (Å²) in [4.78, 5) is 0. The lowest BCUT2D eigenvalue weighted by Crippen LogP contribution is -2.05. The van der Waals surface area contributed by atoms with Gasteiger partial charge in [-0.2, -0.15) is 0 Å². The SMILES string of the molecule is CNCc1ccc(-c2ccc(F)c(C)c2)c(C)c1. The molecule has 0 amide bonds. The second kappa shape index (κ2) is 5.32. The minimum atomic E-state index is -0.150. The Hall–Kier alpha value is -1.67. The van der Waals surface area contributed by atoms with Gasteiger partial charge >= 0.3 is 0 Å². The first-order chi connectivity index (χ1) is 8.61. The van der Waals surface area contributed by atoms with Gasteiger partial charge in [0.05, 0.1) is 0 Å². The molecule has 0 spiro atoms. The zero-order valence-corrected chi connectivity index (χ0v) is 11.0. The third kappa shape index (κ3) is 2.59. The first-order valence-corrected chi connectivity index (χ1v) is 6.12. The van der Waals surface area contributed by atoms with Crippen LogP contribution in [0.1, 0.15) is 16.7 Å². The molecule has 0 saturated heterocycles. The smallest absolute Gasteiger partial charge is 0.126 e. The van der Waals surface area contributed by atoms with Crippen molar-refractivity contribution in [2.24, 2.45) is 0 Å². The first kappa shape index (κ1) is 12.8. The standard InChI is InChI=1S/C16H18FN/c1-11-8-13(10-18-3)4-6-15(11)14-5-7-16(17)12(2)9-14/h4-9,18H,10H2,1-3H3. The van der Waals surface area contributed by atoms with Gasteiger partial charge in [-0.1, -0.05) is 24.3 Å². The summed E-state index contributed by atoms with van der Waals surface area (Å²) < 4.78 is 13.3. The molecule has 0 aliphatic rings. The van der Waals surface area contributed by atoms with Crippen LogP contribution in [0.4, 0.5) is 4.39 Å². The van der Waals surface area contributed by atoms with Crippen LogP contribution in [0.25, 0.3) is 11.1 Å². The summed E-state index contributed by atoms with van der Waals surface area (Å²) in [6.07, 6.45) is 0. The first-order valence-electron chi connectivity index (χ1n) is 6.12. The fourth-order valence-electron chi connectivity index (χ4n) is 2.18. The molecule has 0 aliphatic carbocycles. The third-order valence-electron chi connectivity index (χ3n) is 3.14. The van der Waals surface area contributed by atoms with Gasteiger partial charge in [-0.15, -0.1) is 0 Å². The molecule has 0 atom stereocenters. The average molecular weight is 243 g/mol. The fourth-order valence-corrected chi connectivity index (χ4v) is 2.18. The van der Waals surface area contributed by atoms with Gasteiger partial charge in [0.2, 0.25) is 0 Å². The number of hydrogen-bond donors (Lipinski definition) is 1. The summed E-state index contributed by atoms with van der Waals surface area (Å²) in [5, 5.41) is 3.14. The van der Waals surface area contributed by atoms with E-state index in [0.29, 0.717) is 5.56 Å².